The molecule has 0 atom stereocenters. The molecule has 0 radical (unpaired) electrons. The maximum Gasteiger partial charge on any atom is 0.334 e. The Morgan fingerprint density at radius 3 is 1.13 bits per heavy atom. The summed E-state index contributed by atoms with van der Waals surface area (Å²) in [6.07, 6.45) is 1.79. The van der Waals surface area contributed by atoms with E-state index in [1.165, 1.54) is 11.1 Å². The largest absolute Gasteiger partial charge is 0.496 e. The van der Waals surface area contributed by atoms with Crippen molar-refractivity contribution in [3.05, 3.63) is 34.3 Å². The first-order chi connectivity index (χ1) is 13.5. The molecule has 4 heteroatoms. The van der Waals surface area contributed by atoms with Gasteiger partial charge in [-0.05, 0) is 129 Å². The molecule has 0 amide bonds. The fraction of sp³-hybridized carbons (Fsp3) is 0.741. The molecule has 0 aliphatic heterocycles. The highest BCUT2D eigenvalue weighted by Crippen LogP contribution is 2.15. The number of allylic oxidation sites excluding steroid dienone is 4. The second-order valence-electron chi connectivity index (χ2n) is 11.3. The number of carbonyl (C=O) groups is 1. The fourth-order valence-corrected chi connectivity index (χ4v) is 1.41. The van der Waals surface area contributed by atoms with Gasteiger partial charge in [-0.3, -0.25) is 0 Å². The van der Waals surface area contributed by atoms with Gasteiger partial charge in [0, 0.05) is 5.57 Å². The molecule has 0 aliphatic rings. The van der Waals surface area contributed by atoms with E-state index >= 15 is 0 Å². The maximum atomic E-state index is 11.3. The minimum Gasteiger partial charge on any atom is -0.496 e. The van der Waals surface area contributed by atoms with E-state index in [1.807, 2.05) is 76.2 Å². The van der Waals surface area contributed by atoms with Gasteiger partial charge in [0.1, 0.15) is 11.2 Å². The Morgan fingerprint density at radius 2 is 0.968 bits per heavy atom. The average Bonchev–Trinajstić information content (AvgIpc) is 2.49. The Bertz CT molecular complexity index is 616. The Labute approximate surface area is 194 Å². The second kappa shape index (κ2) is 14.4. The number of hydrogen-bond acceptors (Lipinski definition) is 4. The lowest BCUT2D eigenvalue weighted by molar-refractivity contribution is -0.149. The van der Waals surface area contributed by atoms with Crippen LogP contribution in [-0.4, -0.2) is 22.8 Å². The molecule has 0 aromatic carbocycles. The topological polar surface area (TPSA) is 44.8 Å². The number of ether oxygens (including phenoxy) is 3. The molecule has 0 unspecified atom stereocenters. The van der Waals surface area contributed by atoms with Crippen LogP contribution in [0.1, 0.15) is 118 Å². The predicted molar refractivity (Wildman–Crippen MR) is 135 cm³/mol. The molecule has 0 fully saturated rings. The minimum absolute atomic E-state index is 0.0444. The number of rotatable bonds is 3. The van der Waals surface area contributed by atoms with Crippen molar-refractivity contribution in [1.82, 2.24) is 0 Å². The average molecular weight is 441 g/mol. The van der Waals surface area contributed by atoms with E-state index in [4.69, 9.17) is 14.2 Å². The molecule has 0 saturated heterocycles. The van der Waals surface area contributed by atoms with Crippen molar-refractivity contribution in [3.8, 4) is 0 Å². The van der Waals surface area contributed by atoms with Crippen molar-refractivity contribution in [2.75, 3.05) is 0 Å². The summed E-state index contributed by atoms with van der Waals surface area (Å²) in [6.45, 7) is 33.6. The summed E-state index contributed by atoms with van der Waals surface area (Å²) in [5.74, 6) is 0.815. The fourth-order valence-electron chi connectivity index (χ4n) is 1.41. The van der Waals surface area contributed by atoms with Gasteiger partial charge in [0.15, 0.2) is 0 Å². The Kier molecular flexibility index (Phi) is 15.7. The third-order valence-corrected chi connectivity index (χ3v) is 3.27. The highest BCUT2D eigenvalue weighted by atomic mass is 16.6. The predicted octanol–water partition coefficient (Wildman–Crippen LogP) is 8.52. The first-order valence-electron chi connectivity index (χ1n) is 11.0. The number of esters is 1. The SMILES string of the molecule is CC(C)=C(C)C(=O)OC(C)(C)C.CC(C)=C(C)OC(C)(C)C.CC(C)=COC(C)(C)C. The molecule has 0 aliphatic carbocycles. The first kappa shape index (κ1) is 33.9. The van der Waals surface area contributed by atoms with E-state index in [-0.39, 0.29) is 17.2 Å². The molecule has 0 heterocycles. The van der Waals surface area contributed by atoms with Crippen molar-refractivity contribution in [2.45, 2.75) is 135 Å². The van der Waals surface area contributed by atoms with Gasteiger partial charge < -0.3 is 14.2 Å². The third kappa shape index (κ3) is 28.3. The van der Waals surface area contributed by atoms with Crippen molar-refractivity contribution in [2.24, 2.45) is 0 Å². The summed E-state index contributed by atoms with van der Waals surface area (Å²) in [6, 6.07) is 0. The van der Waals surface area contributed by atoms with Crippen LogP contribution in [0, 0.1) is 0 Å². The standard InChI is InChI=1S/C10H18O2.C9H18O.C8H16O/c1-7(2)8(3)9(11)12-10(4,5)6;1-7(2)8(3)10-9(4,5)6;1-7(2)6-9-8(3,4)5/h1-6H3;1-6H3;6H,1-5H3. The highest BCUT2D eigenvalue weighted by molar-refractivity contribution is 5.88. The second-order valence-corrected chi connectivity index (χ2v) is 11.3. The van der Waals surface area contributed by atoms with Crippen LogP contribution in [0.4, 0.5) is 0 Å². The van der Waals surface area contributed by atoms with E-state index < -0.39 is 5.60 Å². The number of hydrogen-bond donors (Lipinski definition) is 0. The smallest absolute Gasteiger partial charge is 0.334 e. The molecule has 4 nitrogen and oxygen atoms in total. The lowest BCUT2D eigenvalue weighted by Gasteiger charge is -2.22. The Hall–Kier alpha value is -1.71. The molecule has 184 valence electrons. The van der Waals surface area contributed by atoms with Gasteiger partial charge in [-0.15, -0.1) is 0 Å². The summed E-state index contributed by atoms with van der Waals surface area (Å²) in [5, 5.41) is 0. The molecule has 0 spiro atoms. The lowest BCUT2D eigenvalue weighted by Crippen LogP contribution is -2.24. The molecule has 0 saturated carbocycles. The molecule has 0 N–H and O–H groups in total. The molecular weight excluding hydrogens is 388 g/mol. The quantitative estimate of drug-likeness (QED) is 0.250. The Balaban J connectivity index is -0.000000384. The lowest BCUT2D eigenvalue weighted by atomic mass is 10.1. The zero-order valence-electron chi connectivity index (χ0n) is 23.7. The van der Waals surface area contributed by atoms with Gasteiger partial charge in [0.05, 0.1) is 17.6 Å². The van der Waals surface area contributed by atoms with Crippen LogP contribution in [0.25, 0.3) is 0 Å². The van der Waals surface area contributed by atoms with Crippen LogP contribution in [0.2, 0.25) is 0 Å². The van der Waals surface area contributed by atoms with E-state index in [9.17, 15) is 4.79 Å². The summed E-state index contributed by atoms with van der Waals surface area (Å²) in [4.78, 5) is 11.3. The van der Waals surface area contributed by atoms with Crippen LogP contribution < -0.4 is 0 Å². The zero-order valence-corrected chi connectivity index (χ0v) is 23.7. The van der Waals surface area contributed by atoms with Gasteiger partial charge in [-0.1, -0.05) is 5.57 Å². The van der Waals surface area contributed by atoms with Crippen LogP contribution in [0.5, 0.6) is 0 Å². The molecule has 31 heavy (non-hydrogen) atoms. The van der Waals surface area contributed by atoms with E-state index in [1.54, 1.807) is 13.2 Å². The van der Waals surface area contributed by atoms with Gasteiger partial charge in [0.25, 0.3) is 0 Å². The van der Waals surface area contributed by atoms with Gasteiger partial charge in [-0.2, -0.15) is 0 Å². The third-order valence-electron chi connectivity index (χ3n) is 3.27. The molecular formula is C27H52O4. The monoisotopic (exact) mass is 440 g/mol. The first-order valence-corrected chi connectivity index (χ1v) is 11.0. The van der Waals surface area contributed by atoms with E-state index in [0.29, 0.717) is 5.57 Å². The molecule has 0 aromatic heterocycles. The normalized spacial score (nSPS) is 10.9. The van der Waals surface area contributed by atoms with Crippen molar-refractivity contribution in [3.63, 3.8) is 0 Å². The summed E-state index contributed by atoms with van der Waals surface area (Å²) in [7, 11) is 0. The minimum atomic E-state index is -0.395. The molecule has 0 bridgehead atoms. The van der Waals surface area contributed by atoms with Crippen LogP contribution in [0.15, 0.2) is 34.3 Å². The summed E-state index contributed by atoms with van der Waals surface area (Å²) >= 11 is 0. The van der Waals surface area contributed by atoms with Crippen molar-refractivity contribution >= 4 is 5.97 Å². The van der Waals surface area contributed by atoms with Crippen LogP contribution in [-0.2, 0) is 19.0 Å². The number of carbonyl (C=O) groups excluding carboxylic acids is 1. The van der Waals surface area contributed by atoms with E-state index in [0.717, 1.165) is 11.3 Å². The highest BCUT2D eigenvalue weighted by Gasteiger charge is 2.17. The molecule has 0 aromatic rings. The van der Waals surface area contributed by atoms with E-state index in [2.05, 4.69) is 34.6 Å². The summed E-state index contributed by atoms with van der Waals surface area (Å²) in [5.41, 5.74) is 3.65. The van der Waals surface area contributed by atoms with Crippen molar-refractivity contribution in [1.29, 1.82) is 0 Å². The summed E-state index contributed by atoms with van der Waals surface area (Å²) < 4.78 is 16.1. The van der Waals surface area contributed by atoms with Crippen molar-refractivity contribution < 1.29 is 19.0 Å². The van der Waals surface area contributed by atoms with Gasteiger partial charge in [0.2, 0.25) is 0 Å². The van der Waals surface area contributed by atoms with Gasteiger partial charge >= 0.3 is 5.97 Å². The van der Waals surface area contributed by atoms with Gasteiger partial charge in [-0.25, -0.2) is 4.79 Å². The van der Waals surface area contributed by atoms with Crippen LogP contribution >= 0.6 is 0 Å². The molecule has 0 rings (SSSR count). The zero-order chi connectivity index (χ0) is 25.8. The Morgan fingerprint density at radius 1 is 0.581 bits per heavy atom. The van der Waals surface area contributed by atoms with Crippen LogP contribution in [0.3, 0.4) is 0 Å². The maximum absolute atomic E-state index is 11.3.